The van der Waals surface area contributed by atoms with Crippen molar-refractivity contribution in [3.8, 4) is 0 Å². The van der Waals surface area contributed by atoms with E-state index in [0.717, 1.165) is 0 Å². The van der Waals surface area contributed by atoms with Crippen LogP contribution in [0.25, 0.3) is 0 Å². The Balaban J connectivity index is 0.00000324. The second kappa shape index (κ2) is 7.51. The molecule has 1 aromatic carbocycles. The summed E-state index contributed by atoms with van der Waals surface area (Å²) in [5, 5.41) is 2.96. The lowest BCUT2D eigenvalue weighted by Crippen LogP contribution is -2.39. The number of aryl methyl sites for hydroxylation is 1. The minimum Gasteiger partial charge on any atom is -0.355 e. The zero-order chi connectivity index (χ0) is 13.8. The molecule has 0 aliphatic rings. The molecule has 0 spiro atoms. The molecule has 1 atom stereocenters. The molecule has 3 N–H and O–H groups in total. The Kier molecular flexibility index (Phi) is 7.09. The molecule has 0 heterocycles. The fourth-order valence-electron chi connectivity index (χ4n) is 2.11. The van der Waals surface area contributed by atoms with Gasteiger partial charge in [-0.3, -0.25) is 4.79 Å². The van der Waals surface area contributed by atoms with E-state index in [1.165, 1.54) is 11.1 Å². The summed E-state index contributed by atoms with van der Waals surface area (Å²) in [5.74, 6) is 0.0201. The van der Waals surface area contributed by atoms with Crippen molar-refractivity contribution in [3.63, 3.8) is 0 Å². The van der Waals surface area contributed by atoms with Crippen LogP contribution in [0.1, 0.15) is 38.3 Å². The number of rotatable bonds is 5. The molecule has 0 saturated carbocycles. The van der Waals surface area contributed by atoms with E-state index >= 15 is 0 Å². The number of nitrogens with one attached hydrogen (secondary N) is 1. The molecule has 0 aromatic heterocycles. The van der Waals surface area contributed by atoms with E-state index in [9.17, 15) is 4.79 Å². The Morgan fingerprint density at radius 1 is 1.37 bits per heavy atom. The van der Waals surface area contributed by atoms with Gasteiger partial charge in [-0.1, -0.05) is 38.1 Å². The van der Waals surface area contributed by atoms with E-state index in [2.05, 4.69) is 38.2 Å². The smallest absolute Gasteiger partial charge is 0.221 e. The number of carbonyl (C=O) groups excluding carboxylic acids is 1. The van der Waals surface area contributed by atoms with E-state index in [1.54, 1.807) is 0 Å². The SMILES string of the molecule is Cc1ccccc1C(C)(C)CNC(=O)CC(C)N.Cl. The van der Waals surface area contributed by atoms with E-state index in [1.807, 2.05) is 19.1 Å². The van der Waals surface area contributed by atoms with Crippen molar-refractivity contribution in [1.82, 2.24) is 5.32 Å². The molecule has 0 fully saturated rings. The molecule has 19 heavy (non-hydrogen) atoms. The Hall–Kier alpha value is -1.06. The van der Waals surface area contributed by atoms with Crippen LogP contribution in [-0.4, -0.2) is 18.5 Å². The van der Waals surface area contributed by atoms with Gasteiger partial charge in [0.05, 0.1) is 0 Å². The highest BCUT2D eigenvalue weighted by Crippen LogP contribution is 2.25. The van der Waals surface area contributed by atoms with E-state index < -0.39 is 0 Å². The molecule has 4 heteroatoms. The molecule has 0 bridgehead atoms. The predicted molar refractivity (Wildman–Crippen MR) is 82.7 cm³/mol. The third-order valence-electron chi connectivity index (χ3n) is 3.11. The first-order valence-electron chi connectivity index (χ1n) is 6.41. The molecule has 1 unspecified atom stereocenters. The molecule has 3 nitrogen and oxygen atoms in total. The van der Waals surface area contributed by atoms with Crippen molar-refractivity contribution >= 4 is 18.3 Å². The number of halogens is 1. The largest absolute Gasteiger partial charge is 0.355 e. The highest BCUT2D eigenvalue weighted by Gasteiger charge is 2.22. The highest BCUT2D eigenvalue weighted by molar-refractivity contribution is 5.85. The predicted octanol–water partition coefficient (Wildman–Crippen LogP) is 2.55. The van der Waals surface area contributed by atoms with E-state index in [0.29, 0.717) is 13.0 Å². The molecule has 0 aliphatic carbocycles. The number of hydrogen-bond donors (Lipinski definition) is 2. The number of amides is 1. The third kappa shape index (κ3) is 5.62. The maximum atomic E-state index is 11.6. The molecule has 1 aromatic rings. The Labute approximate surface area is 122 Å². The van der Waals surface area contributed by atoms with E-state index in [4.69, 9.17) is 5.73 Å². The maximum Gasteiger partial charge on any atom is 0.221 e. The van der Waals surface area contributed by atoms with Gasteiger partial charge in [0.15, 0.2) is 0 Å². The Morgan fingerprint density at radius 2 is 1.95 bits per heavy atom. The van der Waals surface area contributed by atoms with Crippen molar-refractivity contribution in [2.45, 2.75) is 45.6 Å². The van der Waals surface area contributed by atoms with Gasteiger partial charge in [0, 0.05) is 24.4 Å². The summed E-state index contributed by atoms with van der Waals surface area (Å²) in [4.78, 5) is 11.6. The summed E-state index contributed by atoms with van der Waals surface area (Å²) in [6.45, 7) is 8.85. The normalized spacial score (nSPS) is 12.5. The lowest BCUT2D eigenvalue weighted by atomic mass is 9.82. The van der Waals surface area contributed by atoms with Crippen LogP contribution in [0.4, 0.5) is 0 Å². The molecule has 0 aliphatic heterocycles. The number of carbonyl (C=O) groups is 1. The molecule has 1 amide bonds. The molecule has 0 saturated heterocycles. The van der Waals surface area contributed by atoms with Gasteiger partial charge in [0.2, 0.25) is 5.91 Å². The average Bonchev–Trinajstić information content (AvgIpc) is 2.26. The van der Waals surface area contributed by atoms with E-state index in [-0.39, 0.29) is 29.8 Å². The standard InChI is InChI=1S/C15H24N2O.ClH/c1-11-7-5-6-8-13(11)15(3,4)10-17-14(18)9-12(2)16;/h5-8,12H,9-10,16H2,1-4H3,(H,17,18);1H. The summed E-state index contributed by atoms with van der Waals surface area (Å²) < 4.78 is 0. The van der Waals surface area contributed by atoms with Crippen LogP contribution >= 0.6 is 12.4 Å². The van der Waals surface area contributed by atoms with Crippen molar-refractivity contribution in [2.24, 2.45) is 5.73 Å². The van der Waals surface area contributed by atoms with Crippen LogP contribution in [0.15, 0.2) is 24.3 Å². The van der Waals surface area contributed by atoms with Crippen LogP contribution < -0.4 is 11.1 Å². The van der Waals surface area contributed by atoms with Crippen LogP contribution in [0.3, 0.4) is 0 Å². The molecule has 1 rings (SSSR count). The average molecular weight is 285 g/mol. The van der Waals surface area contributed by atoms with Gasteiger partial charge in [-0.05, 0) is 25.0 Å². The molecule has 108 valence electrons. The number of hydrogen-bond acceptors (Lipinski definition) is 2. The van der Waals surface area contributed by atoms with Gasteiger partial charge in [-0.25, -0.2) is 0 Å². The lowest BCUT2D eigenvalue weighted by Gasteiger charge is -2.27. The van der Waals surface area contributed by atoms with Gasteiger partial charge in [0.25, 0.3) is 0 Å². The monoisotopic (exact) mass is 284 g/mol. The minimum atomic E-state index is -0.0911. The highest BCUT2D eigenvalue weighted by atomic mass is 35.5. The summed E-state index contributed by atoms with van der Waals surface area (Å²) in [6, 6.07) is 8.19. The van der Waals surface area contributed by atoms with Crippen molar-refractivity contribution in [3.05, 3.63) is 35.4 Å². The quantitative estimate of drug-likeness (QED) is 0.873. The molecule has 0 radical (unpaired) electrons. The second-order valence-electron chi connectivity index (χ2n) is 5.66. The van der Waals surface area contributed by atoms with Crippen LogP contribution in [0.5, 0.6) is 0 Å². The topological polar surface area (TPSA) is 55.1 Å². The van der Waals surface area contributed by atoms with Gasteiger partial charge < -0.3 is 11.1 Å². The fraction of sp³-hybridized carbons (Fsp3) is 0.533. The lowest BCUT2D eigenvalue weighted by molar-refractivity contribution is -0.121. The van der Waals surface area contributed by atoms with Crippen LogP contribution in [0.2, 0.25) is 0 Å². The molecular formula is C15H25ClN2O. The first-order chi connectivity index (χ1) is 8.33. The van der Waals surface area contributed by atoms with Crippen molar-refractivity contribution in [1.29, 1.82) is 0 Å². The second-order valence-corrected chi connectivity index (χ2v) is 5.66. The Morgan fingerprint density at radius 3 is 2.47 bits per heavy atom. The Bertz CT molecular complexity index is 416. The van der Waals surface area contributed by atoms with Gasteiger partial charge in [-0.2, -0.15) is 0 Å². The first-order valence-corrected chi connectivity index (χ1v) is 6.41. The number of nitrogens with two attached hydrogens (primary N) is 1. The zero-order valence-corrected chi connectivity index (χ0v) is 13.0. The fourth-order valence-corrected chi connectivity index (χ4v) is 2.11. The minimum absolute atomic E-state index is 0. The van der Waals surface area contributed by atoms with Crippen molar-refractivity contribution in [2.75, 3.05) is 6.54 Å². The third-order valence-corrected chi connectivity index (χ3v) is 3.11. The summed E-state index contributed by atoms with van der Waals surface area (Å²) >= 11 is 0. The summed E-state index contributed by atoms with van der Waals surface area (Å²) in [7, 11) is 0. The first kappa shape index (κ1) is 17.9. The summed E-state index contributed by atoms with van der Waals surface area (Å²) in [6.07, 6.45) is 0.379. The van der Waals surface area contributed by atoms with Gasteiger partial charge >= 0.3 is 0 Å². The number of benzene rings is 1. The maximum absolute atomic E-state index is 11.6. The van der Waals surface area contributed by atoms with Gasteiger partial charge in [-0.15, -0.1) is 12.4 Å². The van der Waals surface area contributed by atoms with Crippen molar-refractivity contribution < 1.29 is 4.79 Å². The van der Waals surface area contributed by atoms with Crippen LogP contribution in [0, 0.1) is 6.92 Å². The summed E-state index contributed by atoms with van der Waals surface area (Å²) in [5.41, 5.74) is 8.06. The van der Waals surface area contributed by atoms with Crippen LogP contribution in [-0.2, 0) is 10.2 Å². The van der Waals surface area contributed by atoms with Gasteiger partial charge in [0.1, 0.15) is 0 Å². The zero-order valence-electron chi connectivity index (χ0n) is 12.2. The molecular weight excluding hydrogens is 260 g/mol.